The van der Waals surface area contributed by atoms with Crippen molar-refractivity contribution in [3.05, 3.63) is 29.8 Å². The third-order valence-electron chi connectivity index (χ3n) is 2.16. The molecular weight excluding hydrogens is 238 g/mol. The molecule has 0 saturated heterocycles. The third-order valence-corrected chi connectivity index (χ3v) is 3.17. The van der Waals surface area contributed by atoms with Gasteiger partial charge in [0.1, 0.15) is 0 Å². The summed E-state index contributed by atoms with van der Waals surface area (Å²) >= 11 is 1.58. The molecule has 1 amide bonds. The Hall–Kier alpha value is -1.49. The summed E-state index contributed by atoms with van der Waals surface area (Å²) in [7, 11) is 1.62. The number of carbonyl (C=O) groups is 2. The summed E-state index contributed by atoms with van der Waals surface area (Å²) in [5, 5.41) is 11.2. The minimum atomic E-state index is -0.829. The smallest absolute Gasteiger partial charge is 0.307 e. The zero-order chi connectivity index (χ0) is 12.7. The number of nitrogens with one attached hydrogen (secondary N) is 1. The lowest BCUT2D eigenvalue weighted by Crippen LogP contribution is -2.17. The lowest BCUT2D eigenvalue weighted by atomic mass is 10.2. The Labute approximate surface area is 104 Å². The molecule has 0 atom stereocenters. The number of carboxylic acid groups (broad SMARTS) is 1. The molecular formula is C12H15NO3S. The highest BCUT2D eigenvalue weighted by Gasteiger charge is 2.02. The molecule has 92 valence electrons. The highest BCUT2D eigenvalue weighted by Crippen LogP contribution is 2.19. The first-order valence-corrected chi connectivity index (χ1v) is 6.24. The Kier molecular flexibility index (Phi) is 5.56. The number of hydrogen-bond donors (Lipinski definition) is 2. The Morgan fingerprint density at radius 3 is 2.47 bits per heavy atom. The molecule has 1 rings (SSSR count). The van der Waals surface area contributed by atoms with E-state index in [0.717, 1.165) is 16.2 Å². The van der Waals surface area contributed by atoms with Crippen LogP contribution in [0.1, 0.15) is 12.0 Å². The molecule has 0 aromatic heterocycles. The van der Waals surface area contributed by atoms with E-state index in [4.69, 9.17) is 5.11 Å². The first-order valence-electron chi connectivity index (χ1n) is 5.26. The number of carbonyl (C=O) groups excluding carboxylic acids is 1. The number of thioether (sulfide) groups is 1. The van der Waals surface area contributed by atoms with E-state index in [9.17, 15) is 9.59 Å². The van der Waals surface area contributed by atoms with Crippen LogP contribution in [0.25, 0.3) is 0 Å². The van der Waals surface area contributed by atoms with Crippen molar-refractivity contribution in [2.75, 3.05) is 12.8 Å². The van der Waals surface area contributed by atoms with E-state index in [2.05, 4.69) is 5.32 Å². The summed E-state index contributed by atoms with van der Waals surface area (Å²) in [6.07, 6.45) is 0.529. The Morgan fingerprint density at radius 2 is 1.94 bits per heavy atom. The van der Waals surface area contributed by atoms with Crippen molar-refractivity contribution in [2.24, 2.45) is 0 Å². The van der Waals surface area contributed by atoms with Crippen molar-refractivity contribution in [1.29, 1.82) is 0 Å². The molecule has 1 aromatic carbocycles. The summed E-state index contributed by atoms with van der Waals surface area (Å²) in [4.78, 5) is 22.5. The van der Waals surface area contributed by atoms with Gasteiger partial charge in [0.2, 0.25) is 5.91 Å². The highest BCUT2D eigenvalue weighted by molar-refractivity contribution is 7.99. The van der Waals surface area contributed by atoms with Crippen LogP contribution in [0.15, 0.2) is 29.2 Å². The number of aliphatic carboxylic acids is 1. The number of benzene rings is 1. The van der Waals surface area contributed by atoms with Gasteiger partial charge in [0, 0.05) is 24.1 Å². The third kappa shape index (κ3) is 5.40. The Bertz CT molecular complexity index is 389. The molecule has 0 bridgehead atoms. The molecule has 0 heterocycles. The quantitative estimate of drug-likeness (QED) is 0.755. The second-order valence-corrected chi connectivity index (χ2v) is 4.65. The lowest BCUT2D eigenvalue weighted by molar-refractivity contribution is -0.136. The Balaban J connectivity index is 2.40. The summed E-state index contributed by atoms with van der Waals surface area (Å²) < 4.78 is 0. The van der Waals surface area contributed by atoms with E-state index in [-0.39, 0.29) is 12.3 Å². The van der Waals surface area contributed by atoms with Crippen molar-refractivity contribution in [3.8, 4) is 0 Å². The van der Waals surface area contributed by atoms with Gasteiger partial charge in [0.15, 0.2) is 0 Å². The van der Waals surface area contributed by atoms with Crippen LogP contribution in [0, 0.1) is 0 Å². The molecule has 0 radical (unpaired) electrons. The fourth-order valence-electron chi connectivity index (χ4n) is 1.26. The average molecular weight is 253 g/mol. The van der Waals surface area contributed by atoms with Crippen molar-refractivity contribution < 1.29 is 14.7 Å². The van der Waals surface area contributed by atoms with Gasteiger partial charge in [0.05, 0.1) is 6.42 Å². The van der Waals surface area contributed by atoms with E-state index in [1.165, 1.54) is 0 Å². The van der Waals surface area contributed by atoms with Gasteiger partial charge in [-0.05, 0) is 17.7 Å². The minimum Gasteiger partial charge on any atom is -0.481 e. The molecule has 0 spiro atoms. The molecule has 0 aliphatic rings. The van der Waals surface area contributed by atoms with Gasteiger partial charge < -0.3 is 10.4 Å². The summed E-state index contributed by atoms with van der Waals surface area (Å²) in [6, 6.07) is 7.37. The normalized spacial score (nSPS) is 9.94. The topological polar surface area (TPSA) is 66.4 Å². The van der Waals surface area contributed by atoms with Crippen molar-refractivity contribution >= 4 is 23.6 Å². The molecule has 0 saturated carbocycles. The zero-order valence-electron chi connectivity index (χ0n) is 9.60. The molecule has 0 fully saturated rings. The van der Waals surface area contributed by atoms with Crippen LogP contribution in [0.3, 0.4) is 0 Å². The monoisotopic (exact) mass is 253 g/mol. The van der Waals surface area contributed by atoms with Crippen molar-refractivity contribution in [3.63, 3.8) is 0 Å². The molecule has 0 unspecified atom stereocenters. The predicted molar refractivity (Wildman–Crippen MR) is 67.2 cm³/mol. The summed E-state index contributed by atoms with van der Waals surface area (Å²) in [5.74, 6) is -0.0807. The fourth-order valence-corrected chi connectivity index (χ4v) is 2.12. The average Bonchev–Trinajstić information content (AvgIpc) is 2.30. The lowest BCUT2D eigenvalue weighted by Gasteiger charge is -2.02. The molecule has 1 aromatic rings. The van der Waals surface area contributed by atoms with Crippen molar-refractivity contribution in [2.45, 2.75) is 17.7 Å². The van der Waals surface area contributed by atoms with Gasteiger partial charge >= 0.3 is 5.97 Å². The molecule has 2 N–H and O–H groups in total. The van der Waals surface area contributed by atoms with Crippen LogP contribution in [0.5, 0.6) is 0 Å². The maximum Gasteiger partial charge on any atom is 0.307 e. The molecule has 0 aliphatic heterocycles. The number of amides is 1. The van der Waals surface area contributed by atoms with E-state index in [1.807, 2.05) is 12.1 Å². The highest BCUT2D eigenvalue weighted by atomic mass is 32.2. The molecule has 0 aliphatic carbocycles. The summed E-state index contributed by atoms with van der Waals surface area (Å²) in [6.45, 7) is 0. The minimum absolute atomic E-state index is 0.0278. The molecule has 4 nitrogen and oxygen atoms in total. The van der Waals surface area contributed by atoms with Crippen LogP contribution in [-0.2, 0) is 16.0 Å². The van der Waals surface area contributed by atoms with E-state index in [1.54, 1.807) is 30.9 Å². The predicted octanol–water partition coefficient (Wildman–Crippen LogP) is 1.54. The van der Waals surface area contributed by atoms with Gasteiger partial charge in [0.25, 0.3) is 0 Å². The van der Waals surface area contributed by atoms with Crippen LogP contribution in [-0.4, -0.2) is 29.8 Å². The van der Waals surface area contributed by atoms with Crippen molar-refractivity contribution in [1.82, 2.24) is 5.32 Å². The second-order valence-electron chi connectivity index (χ2n) is 3.49. The maximum absolute atomic E-state index is 11.0. The van der Waals surface area contributed by atoms with Gasteiger partial charge in [-0.15, -0.1) is 11.8 Å². The zero-order valence-corrected chi connectivity index (χ0v) is 10.4. The van der Waals surface area contributed by atoms with Crippen LogP contribution < -0.4 is 5.32 Å². The standard InChI is InChI=1S/C12H15NO3S/c1-13-11(14)6-7-17-10-4-2-9(3-5-10)8-12(15)16/h2-5H,6-8H2,1H3,(H,13,14)(H,15,16). The van der Waals surface area contributed by atoms with Gasteiger partial charge in [-0.2, -0.15) is 0 Å². The van der Waals surface area contributed by atoms with E-state index in [0.29, 0.717) is 6.42 Å². The molecule has 5 heteroatoms. The van der Waals surface area contributed by atoms with Crippen LogP contribution in [0.4, 0.5) is 0 Å². The largest absolute Gasteiger partial charge is 0.481 e. The van der Waals surface area contributed by atoms with Crippen LogP contribution in [0.2, 0.25) is 0 Å². The molecule has 17 heavy (non-hydrogen) atoms. The first kappa shape index (κ1) is 13.6. The van der Waals surface area contributed by atoms with Gasteiger partial charge in [-0.1, -0.05) is 12.1 Å². The van der Waals surface area contributed by atoms with E-state index >= 15 is 0 Å². The first-order chi connectivity index (χ1) is 8.11. The van der Waals surface area contributed by atoms with Gasteiger partial charge in [-0.25, -0.2) is 0 Å². The number of rotatable bonds is 6. The van der Waals surface area contributed by atoms with Gasteiger partial charge in [-0.3, -0.25) is 9.59 Å². The maximum atomic E-state index is 11.0. The number of hydrogen-bond acceptors (Lipinski definition) is 3. The number of carboxylic acids is 1. The van der Waals surface area contributed by atoms with E-state index < -0.39 is 5.97 Å². The summed E-state index contributed by atoms with van der Waals surface area (Å²) in [5.41, 5.74) is 0.785. The van der Waals surface area contributed by atoms with Crippen LogP contribution >= 0.6 is 11.8 Å². The SMILES string of the molecule is CNC(=O)CCSc1ccc(CC(=O)O)cc1. The Morgan fingerprint density at radius 1 is 1.29 bits per heavy atom. The second kappa shape index (κ2) is 6.96. The fraction of sp³-hybridized carbons (Fsp3) is 0.333.